The fourth-order valence-electron chi connectivity index (χ4n) is 3.46. The number of hydrogen-bond donors (Lipinski definition) is 1. The third-order valence-corrected chi connectivity index (χ3v) is 5.07. The molecule has 0 spiro atoms. The Kier molecular flexibility index (Phi) is 5.35. The maximum atomic E-state index is 13.9. The highest BCUT2D eigenvalue weighted by Crippen LogP contribution is 2.36. The molecular formula is C24H17F2N5O2. The standard InChI is InChI=1S/C24H17F2N5O2/c1-32-21-9-16(14-4-5-19(25)20(26)8-14)7-18-22(21)30-23(15-3-2-6-27-10-15)31-24(18)29-12-17-11-28-13-33-17/h2-11,13H,12H2,1H3,(H,29,30,31). The zero-order valence-electron chi connectivity index (χ0n) is 17.4. The molecule has 0 bridgehead atoms. The van der Waals surface area contributed by atoms with Crippen LogP contribution in [0, 0.1) is 11.6 Å². The van der Waals surface area contributed by atoms with Gasteiger partial charge in [-0.15, -0.1) is 0 Å². The largest absolute Gasteiger partial charge is 0.494 e. The first-order valence-corrected chi connectivity index (χ1v) is 9.99. The van der Waals surface area contributed by atoms with E-state index in [0.29, 0.717) is 51.7 Å². The van der Waals surface area contributed by atoms with E-state index in [0.717, 1.165) is 17.7 Å². The number of fused-ring (bicyclic) bond motifs is 1. The molecule has 0 saturated heterocycles. The van der Waals surface area contributed by atoms with Gasteiger partial charge in [0.05, 0.1) is 19.9 Å². The molecule has 5 aromatic rings. The first-order chi connectivity index (χ1) is 16.1. The third-order valence-electron chi connectivity index (χ3n) is 5.07. The maximum Gasteiger partial charge on any atom is 0.180 e. The average molecular weight is 445 g/mol. The summed E-state index contributed by atoms with van der Waals surface area (Å²) >= 11 is 0. The highest BCUT2D eigenvalue weighted by atomic mass is 19.2. The van der Waals surface area contributed by atoms with E-state index >= 15 is 0 Å². The summed E-state index contributed by atoms with van der Waals surface area (Å²) in [5.41, 5.74) is 2.40. The fraction of sp³-hybridized carbons (Fsp3) is 0.0833. The maximum absolute atomic E-state index is 13.9. The van der Waals surface area contributed by atoms with Crippen LogP contribution >= 0.6 is 0 Å². The molecule has 0 unspecified atom stereocenters. The summed E-state index contributed by atoms with van der Waals surface area (Å²) in [6.07, 6.45) is 6.29. The van der Waals surface area contributed by atoms with Crippen molar-refractivity contribution >= 4 is 16.7 Å². The van der Waals surface area contributed by atoms with Crippen LogP contribution in [0.1, 0.15) is 5.76 Å². The minimum Gasteiger partial charge on any atom is -0.494 e. The molecule has 0 radical (unpaired) electrons. The number of nitrogens with one attached hydrogen (secondary N) is 1. The van der Waals surface area contributed by atoms with Gasteiger partial charge in [0.2, 0.25) is 0 Å². The first kappa shape index (κ1) is 20.5. The van der Waals surface area contributed by atoms with Crippen molar-refractivity contribution in [2.24, 2.45) is 0 Å². The lowest BCUT2D eigenvalue weighted by Gasteiger charge is -2.14. The zero-order valence-corrected chi connectivity index (χ0v) is 17.4. The summed E-state index contributed by atoms with van der Waals surface area (Å²) in [7, 11) is 1.53. The predicted molar refractivity (Wildman–Crippen MR) is 119 cm³/mol. The van der Waals surface area contributed by atoms with Crippen LogP contribution in [0.5, 0.6) is 5.75 Å². The second-order valence-electron chi connectivity index (χ2n) is 7.16. The summed E-state index contributed by atoms with van der Waals surface area (Å²) in [4.78, 5) is 17.5. The van der Waals surface area contributed by atoms with Crippen LogP contribution in [-0.4, -0.2) is 27.0 Å². The van der Waals surface area contributed by atoms with Gasteiger partial charge in [-0.25, -0.2) is 23.7 Å². The van der Waals surface area contributed by atoms with E-state index < -0.39 is 11.6 Å². The predicted octanol–water partition coefficient (Wildman–Crippen LogP) is 5.25. The third kappa shape index (κ3) is 4.08. The number of benzene rings is 2. The zero-order chi connectivity index (χ0) is 22.8. The molecule has 2 aromatic carbocycles. The minimum atomic E-state index is -0.932. The SMILES string of the molecule is COc1cc(-c2ccc(F)c(F)c2)cc2c(NCc3cnco3)nc(-c3cccnc3)nc12. The molecule has 1 N–H and O–H groups in total. The Morgan fingerprint density at radius 1 is 0.939 bits per heavy atom. The van der Waals surface area contributed by atoms with Gasteiger partial charge in [-0.3, -0.25) is 4.98 Å². The van der Waals surface area contributed by atoms with Gasteiger partial charge in [0, 0.05) is 23.3 Å². The summed E-state index contributed by atoms with van der Waals surface area (Å²) in [5.74, 6) is 0.201. The number of aromatic nitrogens is 4. The Morgan fingerprint density at radius 3 is 2.58 bits per heavy atom. The highest BCUT2D eigenvalue weighted by molar-refractivity contribution is 5.97. The number of pyridine rings is 1. The van der Waals surface area contributed by atoms with Crippen molar-refractivity contribution in [3.63, 3.8) is 0 Å². The van der Waals surface area contributed by atoms with Gasteiger partial charge >= 0.3 is 0 Å². The van der Waals surface area contributed by atoms with E-state index in [2.05, 4.69) is 15.3 Å². The molecule has 33 heavy (non-hydrogen) atoms. The minimum absolute atomic E-state index is 0.330. The Morgan fingerprint density at radius 2 is 1.85 bits per heavy atom. The van der Waals surface area contributed by atoms with Gasteiger partial charge in [-0.1, -0.05) is 6.07 Å². The molecule has 0 saturated carbocycles. The van der Waals surface area contributed by atoms with E-state index in [-0.39, 0.29) is 0 Å². The second kappa shape index (κ2) is 8.62. The van der Waals surface area contributed by atoms with Crippen molar-refractivity contribution < 1.29 is 17.9 Å². The lowest BCUT2D eigenvalue weighted by molar-refractivity contribution is 0.419. The smallest absolute Gasteiger partial charge is 0.180 e. The Bertz CT molecular complexity index is 1430. The quantitative estimate of drug-likeness (QED) is 0.382. The van der Waals surface area contributed by atoms with Crippen molar-refractivity contribution in [2.75, 3.05) is 12.4 Å². The summed E-state index contributed by atoms with van der Waals surface area (Å²) in [5, 5.41) is 3.90. The van der Waals surface area contributed by atoms with Gasteiger partial charge in [0.1, 0.15) is 22.8 Å². The highest BCUT2D eigenvalue weighted by Gasteiger charge is 2.16. The van der Waals surface area contributed by atoms with Crippen molar-refractivity contribution in [2.45, 2.75) is 6.54 Å². The molecular weight excluding hydrogens is 428 g/mol. The number of oxazole rings is 1. The topological polar surface area (TPSA) is 86.0 Å². The van der Waals surface area contributed by atoms with Crippen LogP contribution in [0.3, 0.4) is 0 Å². The molecule has 5 rings (SSSR count). The van der Waals surface area contributed by atoms with Gasteiger partial charge in [-0.2, -0.15) is 0 Å². The molecule has 164 valence electrons. The Balaban J connectivity index is 1.70. The van der Waals surface area contributed by atoms with Gasteiger partial charge < -0.3 is 14.5 Å². The average Bonchev–Trinajstić information content (AvgIpc) is 3.37. The number of rotatable bonds is 6. The normalized spacial score (nSPS) is 11.0. The molecule has 0 amide bonds. The first-order valence-electron chi connectivity index (χ1n) is 9.99. The summed E-state index contributed by atoms with van der Waals surface area (Å²) < 4.78 is 38.3. The Labute approximate surface area is 187 Å². The molecule has 0 fully saturated rings. The van der Waals surface area contributed by atoms with E-state index in [9.17, 15) is 8.78 Å². The van der Waals surface area contributed by atoms with Crippen LogP contribution < -0.4 is 10.1 Å². The number of ether oxygens (including phenoxy) is 1. The molecule has 0 aliphatic carbocycles. The number of hydrogen-bond acceptors (Lipinski definition) is 7. The van der Waals surface area contributed by atoms with Crippen LogP contribution in [-0.2, 0) is 6.54 Å². The molecule has 3 heterocycles. The van der Waals surface area contributed by atoms with E-state index in [1.807, 2.05) is 6.07 Å². The van der Waals surface area contributed by atoms with Crippen molar-refractivity contribution in [3.05, 3.63) is 84.8 Å². The number of anilines is 1. The second-order valence-corrected chi connectivity index (χ2v) is 7.16. The van der Waals surface area contributed by atoms with E-state index in [4.69, 9.17) is 19.1 Å². The molecule has 9 heteroatoms. The van der Waals surface area contributed by atoms with Gasteiger partial charge in [-0.05, 0) is 47.5 Å². The monoisotopic (exact) mass is 445 g/mol. The van der Waals surface area contributed by atoms with Crippen LogP contribution in [0.25, 0.3) is 33.4 Å². The molecule has 7 nitrogen and oxygen atoms in total. The van der Waals surface area contributed by atoms with E-state index in [1.165, 1.54) is 19.6 Å². The molecule has 3 aromatic heterocycles. The van der Waals surface area contributed by atoms with Crippen LogP contribution in [0.4, 0.5) is 14.6 Å². The molecule has 0 atom stereocenters. The van der Waals surface area contributed by atoms with Gasteiger partial charge in [0.25, 0.3) is 0 Å². The summed E-state index contributed by atoms with van der Waals surface area (Å²) in [6, 6.07) is 10.9. The van der Waals surface area contributed by atoms with Gasteiger partial charge in [0.15, 0.2) is 23.9 Å². The molecule has 0 aliphatic rings. The fourth-order valence-corrected chi connectivity index (χ4v) is 3.46. The lowest BCUT2D eigenvalue weighted by Crippen LogP contribution is -2.05. The molecule has 0 aliphatic heterocycles. The van der Waals surface area contributed by atoms with Crippen molar-refractivity contribution in [3.8, 4) is 28.3 Å². The number of halogens is 2. The number of methoxy groups -OCH3 is 1. The van der Waals surface area contributed by atoms with E-state index in [1.54, 1.807) is 36.8 Å². The number of nitrogens with zero attached hydrogens (tertiary/aromatic N) is 4. The van der Waals surface area contributed by atoms with Crippen LogP contribution in [0.2, 0.25) is 0 Å². The Hall–Kier alpha value is -4.40. The van der Waals surface area contributed by atoms with Crippen LogP contribution in [0.15, 0.2) is 71.9 Å². The van der Waals surface area contributed by atoms with Crippen molar-refractivity contribution in [1.82, 2.24) is 19.9 Å². The van der Waals surface area contributed by atoms with Crippen molar-refractivity contribution in [1.29, 1.82) is 0 Å². The summed E-state index contributed by atoms with van der Waals surface area (Å²) in [6.45, 7) is 0.330. The lowest BCUT2D eigenvalue weighted by atomic mass is 10.0.